The molecule has 1 aliphatic rings. The first-order valence-electron chi connectivity index (χ1n) is 6.68. The van der Waals surface area contributed by atoms with Crippen LogP contribution < -0.4 is 5.32 Å². The molecule has 0 bridgehead atoms. The van der Waals surface area contributed by atoms with E-state index in [0.717, 1.165) is 12.8 Å². The molecule has 1 rings (SSSR count). The van der Waals surface area contributed by atoms with Crippen LogP contribution in [0, 0.1) is 5.41 Å². The monoisotopic (exact) mass is 268 g/mol. The largest absolute Gasteiger partial charge is 0.445 e. The SMILES string of the molecule is C=CCOC(=O)NC1CCN(C(=O)C(C)(C)C)CC1. The van der Waals surface area contributed by atoms with E-state index in [0.29, 0.717) is 13.1 Å². The molecule has 0 radical (unpaired) electrons. The molecule has 1 fully saturated rings. The van der Waals surface area contributed by atoms with Crippen LogP contribution in [0.2, 0.25) is 0 Å². The zero-order chi connectivity index (χ0) is 14.5. The summed E-state index contributed by atoms with van der Waals surface area (Å²) < 4.78 is 4.87. The number of hydrogen-bond acceptors (Lipinski definition) is 3. The average Bonchev–Trinajstić information content (AvgIpc) is 2.35. The predicted octanol–water partition coefficient (Wildman–Crippen LogP) is 1.94. The summed E-state index contributed by atoms with van der Waals surface area (Å²) in [5.41, 5.74) is -0.344. The van der Waals surface area contributed by atoms with E-state index >= 15 is 0 Å². The second kappa shape index (κ2) is 6.59. The maximum Gasteiger partial charge on any atom is 0.407 e. The number of nitrogens with one attached hydrogen (secondary N) is 1. The predicted molar refractivity (Wildman–Crippen MR) is 73.7 cm³/mol. The van der Waals surface area contributed by atoms with Crippen molar-refractivity contribution in [3.63, 3.8) is 0 Å². The van der Waals surface area contributed by atoms with Gasteiger partial charge in [-0.15, -0.1) is 0 Å². The Labute approximate surface area is 115 Å². The van der Waals surface area contributed by atoms with Gasteiger partial charge >= 0.3 is 6.09 Å². The van der Waals surface area contributed by atoms with Gasteiger partial charge in [-0.05, 0) is 12.8 Å². The van der Waals surface area contributed by atoms with E-state index in [1.54, 1.807) is 0 Å². The highest BCUT2D eigenvalue weighted by molar-refractivity contribution is 5.81. The van der Waals surface area contributed by atoms with Gasteiger partial charge < -0.3 is 15.0 Å². The molecule has 0 aromatic carbocycles. The van der Waals surface area contributed by atoms with Gasteiger partial charge in [0.1, 0.15) is 6.61 Å². The van der Waals surface area contributed by atoms with Crippen LogP contribution in [-0.2, 0) is 9.53 Å². The van der Waals surface area contributed by atoms with Gasteiger partial charge in [0, 0.05) is 24.5 Å². The molecule has 0 spiro atoms. The van der Waals surface area contributed by atoms with Gasteiger partial charge in [0.2, 0.25) is 5.91 Å². The Kier molecular flexibility index (Phi) is 5.39. The van der Waals surface area contributed by atoms with Crippen LogP contribution in [-0.4, -0.2) is 42.6 Å². The van der Waals surface area contributed by atoms with Crippen molar-refractivity contribution in [1.82, 2.24) is 10.2 Å². The van der Waals surface area contributed by atoms with Crippen LogP contribution in [0.3, 0.4) is 0 Å². The highest BCUT2D eigenvalue weighted by Crippen LogP contribution is 2.20. The maximum atomic E-state index is 12.1. The van der Waals surface area contributed by atoms with E-state index in [-0.39, 0.29) is 24.0 Å². The van der Waals surface area contributed by atoms with Crippen molar-refractivity contribution < 1.29 is 14.3 Å². The van der Waals surface area contributed by atoms with E-state index < -0.39 is 6.09 Å². The summed E-state index contributed by atoms with van der Waals surface area (Å²) in [6, 6.07) is 0.0846. The van der Waals surface area contributed by atoms with Crippen molar-refractivity contribution in [2.75, 3.05) is 19.7 Å². The molecule has 5 nitrogen and oxygen atoms in total. The lowest BCUT2D eigenvalue weighted by Crippen LogP contribution is -2.49. The summed E-state index contributed by atoms with van der Waals surface area (Å²) in [5, 5.41) is 2.80. The smallest absolute Gasteiger partial charge is 0.407 e. The van der Waals surface area contributed by atoms with Gasteiger partial charge in [-0.1, -0.05) is 33.4 Å². The summed E-state index contributed by atoms with van der Waals surface area (Å²) >= 11 is 0. The molecular weight excluding hydrogens is 244 g/mol. The van der Waals surface area contributed by atoms with Gasteiger partial charge in [0.15, 0.2) is 0 Å². The fourth-order valence-corrected chi connectivity index (χ4v) is 2.04. The molecular formula is C14H24N2O3. The molecule has 5 heteroatoms. The number of piperidine rings is 1. The molecule has 1 heterocycles. The van der Waals surface area contributed by atoms with Gasteiger partial charge in [-0.25, -0.2) is 4.79 Å². The second-order valence-electron chi connectivity index (χ2n) is 5.85. The summed E-state index contributed by atoms with van der Waals surface area (Å²) in [4.78, 5) is 25.3. The van der Waals surface area contributed by atoms with Crippen LogP contribution in [0.25, 0.3) is 0 Å². The van der Waals surface area contributed by atoms with E-state index in [1.165, 1.54) is 6.08 Å². The average molecular weight is 268 g/mol. The lowest BCUT2D eigenvalue weighted by atomic mass is 9.93. The molecule has 0 aliphatic carbocycles. The molecule has 2 amide bonds. The Hall–Kier alpha value is -1.52. The minimum atomic E-state index is -0.416. The maximum absolute atomic E-state index is 12.1. The Morgan fingerprint density at radius 1 is 1.37 bits per heavy atom. The van der Waals surface area contributed by atoms with E-state index in [2.05, 4.69) is 11.9 Å². The standard InChI is InChI=1S/C14H24N2O3/c1-5-10-19-13(18)15-11-6-8-16(9-7-11)12(17)14(2,3)4/h5,11H,1,6-10H2,2-4H3,(H,15,18). The number of rotatable bonds is 3. The summed E-state index contributed by atoms with van der Waals surface area (Å²) in [6.45, 7) is 10.8. The third kappa shape index (κ3) is 4.93. The normalized spacial score (nSPS) is 16.9. The third-order valence-corrected chi connectivity index (χ3v) is 3.08. The Morgan fingerprint density at radius 2 is 1.95 bits per heavy atom. The molecule has 0 aromatic rings. The minimum absolute atomic E-state index is 0.0846. The van der Waals surface area contributed by atoms with Crippen molar-refractivity contribution in [2.45, 2.75) is 39.7 Å². The van der Waals surface area contributed by atoms with E-state index in [1.807, 2.05) is 25.7 Å². The van der Waals surface area contributed by atoms with Crippen molar-refractivity contribution in [3.8, 4) is 0 Å². The van der Waals surface area contributed by atoms with Crippen LogP contribution in [0.1, 0.15) is 33.6 Å². The number of hydrogen-bond donors (Lipinski definition) is 1. The lowest BCUT2D eigenvalue weighted by Gasteiger charge is -2.35. The quantitative estimate of drug-likeness (QED) is 0.796. The first-order valence-corrected chi connectivity index (χ1v) is 6.68. The van der Waals surface area contributed by atoms with Gasteiger partial charge in [0.05, 0.1) is 0 Å². The number of carbonyl (C=O) groups excluding carboxylic acids is 2. The number of alkyl carbamates (subject to hydrolysis) is 1. The molecule has 1 aliphatic heterocycles. The van der Waals surface area contributed by atoms with Crippen LogP contribution in [0.4, 0.5) is 4.79 Å². The third-order valence-electron chi connectivity index (χ3n) is 3.08. The number of ether oxygens (including phenoxy) is 1. The van der Waals surface area contributed by atoms with Crippen LogP contribution in [0.15, 0.2) is 12.7 Å². The zero-order valence-electron chi connectivity index (χ0n) is 12.1. The molecule has 0 unspecified atom stereocenters. The first kappa shape index (κ1) is 15.5. The Bertz CT molecular complexity index is 339. The lowest BCUT2D eigenvalue weighted by molar-refractivity contribution is -0.140. The van der Waals surface area contributed by atoms with Gasteiger partial charge in [0.25, 0.3) is 0 Å². The second-order valence-corrected chi connectivity index (χ2v) is 5.85. The molecule has 1 saturated heterocycles. The Balaban J connectivity index is 2.35. The van der Waals surface area contributed by atoms with Crippen LogP contribution >= 0.6 is 0 Å². The summed E-state index contributed by atoms with van der Waals surface area (Å²) in [7, 11) is 0. The van der Waals surface area contributed by atoms with Crippen molar-refractivity contribution >= 4 is 12.0 Å². The van der Waals surface area contributed by atoms with Gasteiger partial charge in [-0.3, -0.25) is 4.79 Å². The fraction of sp³-hybridized carbons (Fsp3) is 0.714. The molecule has 0 atom stereocenters. The minimum Gasteiger partial charge on any atom is -0.445 e. The van der Waals surface area contributed by atoms with Crippen LogP contribution in [0.5, 0.6) is 0 Å². The number of nitrogens with zero attached hydrogens (tertiary/aromatic N) is 1. The molecule has 108 valence electrons. The number of amides is 2. The number of likely N-dealkylation sites (tertiary alicyclic amines) is 1. The van der Waals surface area contributed by atoms with Crippen molar-refractivity contribution in [2.24, 2.45) is 5.41 Å². The molecule has 19 heavy (non-hydrogen) atoms. The fourth-order valence-electron chi connectivity index (χ4n) is 2.04. The zero-order valence-corrected chi connectivity index (χ0v) is 12.1. The molecule has 0 aromatic heterocycles. The first-order chi connectivity index (χ1) is 8.84. The number of carbonyl (C=O) groups is 2. The molecule has 0 saturated carbocycles. The van der Waals surface area contributed by atoms with E-state index in [9.17, 15) is 9.59 Å². The topological polar surface area (TPSA) is 58.6 Å². The molecule has 1 N–H and O–H groups in total. The Morgan fingerprint density at radius 3 is 2.42 bits per heavy atom. The summed E-state index contributed by atoms with van der Waals surface area (Å²) in [6.07, 6.45) is 2.65. The van der Waals surface area contributed by atoms with E-state index in [4.69, 9.17) is 4.74 Å². The van der Waals surface area contributed by atoms with Crippen molar-refractivity contribution in [3.05, 3.63) is 12.7 Å². The summed E-state index contributed by atoms with van der Waals surface area (Å²) in [5.74, 6) is 0.167. The highest BCUT2D eigenvalue weighted by Gasteiger charge is 2.30. The van der Waals surface area contributed by atoms with Gasteiger partial charge in [-0.2, -0.15) is 0 Å². The highest BCUT2D eigenvalue weighted by atomic mass is 16.5. The van der Waals surface area contributed by atoms with Crippen molar-refractivity contribution in [1.29, 1.82) is 0 Å².